The number of benzene rings is 1. The number of carbonyl (C=O) groups excluding carboxylic acids is 2. The van der Waals surface area contributed by atoms with Gasteiger partial charge in [0, 0.05) is 44.1 Å². The fraction of sp³-hybridized carbons (Fsp3) is 0.520. The van der Waals surface area contributed by atoms with Crippen molar-refractivity contribution in [1.82, 2.24) is 20.0 Å². The molecule has 35 heavy (non-hydrogen) atoms. The lowest BCUT2D eigenvalue weighted by molar-refractivity contribution is -0.135. The lowest BCUT2D eigenvalue weighted by Gasteiger charge is -2.37. The number of nitrogens with zero attached hydrogens (tertiary/aromatic N) is 3. The van der Waals surface area contributed by atoms with Crippen molar-refractivity contribution in [1.29, 1.82) is 0 Å². The number of amides is 3. The second-order valence-corrected chi connectivity index (χ2v) is 9.63. The van der Waals surface area contributed by atoms with E-state index in [0.29, 0.717) is 45.1 Å². The van der Waals surface area contributed by atoms with Gasteiger partial charge in [-0.25, -0.2) is 9.18 Å². The minimum Gasteiger partial charge on any atom is -0.491 e. The van der Waals surface area contributed by atoms with Gasteiger partial charge in [-0.05, 0) is 54.6 Å². The predicted octanol–water partition coefficient (Wildman–Crippen LogP) is 2.76. The molecule has 3 heterocycles. The van der Waals surface area contributed by atoms with Crippen molar-refractivity contribution < 1.29 is 23.5 Å². The Bertz CT molecular complexity index is 980. The predicted molar refractivity (Wildman–Crippen MR) is 132 cm³/mol. The minimum atomic E-state index is -0.325. The number of hydrogen-bond donors (Lipinski definition) is 1. The average Bonchev–Trinajstić information content (AvgIpc) is 3.36. The largest absolute Gasteiger partial charge is 0.491 e. The normalized spacial score (nSPS) is 18.1. The second kappa shape index (κ2) is 12.3. The number of hydrogen-bond acceptors (Lipinski definition) is 6. The lowest BCUT2D eigenvalue weighted by atomic mass is 10.0. The van der Waals surface area contributed by atoms with Gasteiger partial charge < -0.3 is 24.6 Å². The summed E-state index contributed by atoms with van der Waals surface area (Å²) in [7, 11) is 0. The summed E-state index contributed by atoms with van der Waals surface area (Å²) >= 11 is 1.68. The molecule has 1 N–H and O–H groups in total. The molecule has 8 nitrogen and oxygen atoms in total. The van der Waals surface area contributed by atoms with Crippen LogP contribution in [0.3, 0.4) is 0 Å². The molecular weight excluding hydrogens is 471 g/mol. The Morgan fingerprint density at radius 1 is 1.20 bits per heavy atom. The maximum atomic E-state index is 13.5. The third kappa shape index (κ3) is 6.71. The zero-order valence-corrected chi connectivity index (χ0v) is 20.9. The fourth-order valence-electron chi connectivity index (χ4n) is 4.44. The molecule has 2 aromatic rings. The summed E-state index contributed by atoms with van der Waals surface area (Å²) in [4.78, 5) is 33.2. The van der Waals surface area contributed by atoms with Crippen molar-refractivity contribution >= 4 is 23.3 Å². The summed E-state index contributed by atoms with van der Waals surface area (Å²) in [6.07, 6.45) is 0.778. The Morgan fingerprint density at radius 3 is 2.71 bits per heavy atom. The summed E-state index contributed by atoms with van der Waals surface area (Å²) in [5.74, 6) is 0.118. The molecule has 2 aliphatic rings. The maximum Gasteiger partial charge on any atom is 0.317 e. The number of thiophene rings is 1. The number of morpholine rings is 1. The standard InChI is InChI=1S/C25H33FN4O4S/c1-2-27-25(32)29(11-10-28-12-14-33-15-13-28)17-24(31)30-9-7-23-21(8-16-35-23)22(30)18-34-20-5-3-19(26)4-6-20/h3-6,8,16,22H,2,7,9-15,17-18H2,1H3,(H,27,32)/t22-/m1/s1. The monoisotopic (exact) mass is 504 g/mol. The van der Waals surface area contributed by atoms with E-state index in [4.69, 9.17) is 9.47 Å². The maximum absolute atomic E-state index is 13.5. The Labute approximate surface area is 209 Å². The Hall–Kier alpha value is -2.69. The summed E-state index contributed by atoms with van der Waals surface area (Å²) in [5.41, 5.74) is 1.08. The minimum absolute atomic E-state index is 0.00267. The number of fused-ring (bicyclic) bond motifs is 1. The van der Waals surface area contributed by atoms with Gasteiger partial charge in [0.1, 0.15) is 24.7 Å². The molecule has 1 aromatic heterocycles. The summed E-state index contributed by atoms with van der Waals surface area (Å²) in [6.45, 7) is 7.38. The number of halogens is 1. The van der Waals surface area contributed by atoms with Gasteiger partial charge in [0.05, 0.1) is 19.3 Å². The second-order valence-electron chi connectivity index (χ2n) is 8.63. The molecule has 2 aliphatic heterocycles. The Kier molecular flexibility index (Phi) is 8.95. The van der Waals surface area contributed by atoms with Gasteiger partial charge in [0.25, 0.3) is 0 Å². The first-order valence-corrected chi connectivity index (χ1v) is 13.0. The van der Waals surface area contributed by atoms with Crippen LogP contribution in [-0.2, 0) is 16.0 Å². The highest BCUT2D eigenvalue weighted by molar-refractivity contribution is 7.10. The molecule has 0 spiro atoms. The van der Waals surface area contributed by atoms with E-state index in [2.05, 4.69) is 10.2 Å². The number of rotatable bonds is 9. The fourth-order valence-corrected chi connectivity index (χ4v) is 5.37. The van der Waals surface area contributed by atoms with Crippen molar-refractivity contribution in [3.63, 3.8) is 0 Å². The molecule has 1 atom stereocenters. The highest BCUT2D eigenvalue weighted by Gasteiger charge is 2.33. The van der Waals surface area contributed by atoms with Crippen LogP contribution in [0.4, 0.5) is 9.18 Å². The third-order valence-electron chi connectivity index (χ3n) is 6.37. The Morgan fingerprint density at radius 2 is 1.97 bits per heavy atom. The van der Waals surface area contributed by atoms with Gasteiger partial charge in [0.15, 0.2) is 0 Å². The molecule has 1 aromatic carbocycles. The molecule has 0 bridgehead atoms. The SMILES string of the molecule is CCNC(=O)N(CCN1CCOCC1)CC(=O)N1CCc2sccc2[C@H]1COc1ccc(F)cc1. The van der Waals surface area contributed by atoms with Crippen LogP contribution < -0.4 is 10.1 Å². The van der Waals surface area contributed by atoms with E-state index in [1.165, 1.54) is 17.0 Å². The molecular formula is C25H33FN4O4S. The topological polar surface area (TPSA) is 74.4 Å². The molecule has 0 aliphatic carbocycles. The van der Waals surface area contributed by atoms with Crippen molar-refractivity contribution in [3.05, 3.63) is 52.0 Å². The van der Waals surface area contributed by atoms with E-state index < -0.39 is 0 Å². The highest BCUT2D eigenvalue weighted by atomic mass is 32.1. The highest BCUT2D eigenvalue weighted by Crippen LogP contribution is 2.34. The van der Waals surface area contributed by atoms with Gasteiger partial charge in [-0.2, -0.15) is 0 Å². The van der Waals surface area contributed by atoms with Gasteiger partial charge >= 0.3 is 6.03 Å². The first-order valence-electron chi connectivity index (χ1n) is 12.1. The van der Waals surface area contributed by atoms with Gasteiger partial charge in [-0.15, -0.1) is 11.3 Å². The molecule has 190 valence electrons. The van der Waals surface area contributed by atoms with Crippen molar-refractivity contribution in [2.24, 2.45) is 0 Å². The first kappa shape index (κ1) is 25.4. The van der Waals surface area contributed by atoms with Crippen molar-refractivity contribution in [2.75, 3.05) is 65.6 Å². The lowest BCUT2D eigenvalue weighted by Crippen LogP contribution is -2.51. The van der Waals surface area contributed by atoms with Gasteiger partial charge in [-0.1, -0.05) is 0 Å². The van der Waals surface area contributed by atoms with E-state index >= 15 is 0 Å². The van der Waals surface area contributed by atoms with Crippen molar-refractivity contribution in [3.8, 4) is 5.75 Å². The van der Waals surface area contributed by atoms with Crippen LogP contribution in [0.15, 0.2) is 35.7 Å². The first-order chi connectivity index (χ1) is 17.0. The van der Waals surface area contributed by atoms with E-state index in [0.717, 1.165) is 25.1 Å². The van der Waals surface area contributed by atoms with Gasteiger partial charge in [0.2, 0.25) is 5.91 Å². The smallest absolute Gasteiger partial charge is 0.317 e. The van der Waals surface area contributed by atoms with Crippen LogP contribution >= 0.6 is 11.3 Å². The summed E-state index contributed by atoms with van der Waals surface area (Å²) in [6, 6.07) is 7.42. The zero-order valence-electron chi connectivity index (χ0n) is 20.1. The van der Waals surface area contributed by atoms with Crippen LogP contribution in [0.25, 0.3) is 0 Å². The third-order valence-corrected chi connectivity index (χ3v) is 7.36. The van der Waals surface area contributed by atoms with Crippen molar-refractivity contribution in [2.45, 2.75) is 19.4 Å². The molecule has 3 amide bonds. The quantitative estimate of drug-likeness (QED) is 0.569. The van der Waals surface area contributed by atoms with Crippen LogP contribution in [0, 0.1) is 5.82 Å². The van der Waals surface area contributed by atoms with Crippen LogP contribution in [0.5, 0.6) is 5.75 Å². The van der Waals surface area contributed by atoms with E-state index in [1.807, 2.05) is 23.3 Å². The van der Waals surface area contributed by atoms with Gasteiger partial charge in [-0.3, -0.25) is 9.69 Å². The van der Waals surface area contributed by atoms with E-state index in [9.17, 15) is 14.0 Å². The molecule has 10 heteroatoms. The van der Waals surface area contributed by atoms with Crippen LogP contribution in [0.2, 0.25) is 0 Å². The average molecular weight is 505 g/mol. The molecule has 0 saturated carbocycles. The van der Waals surface area contributed by atoms with E-state index in [1.54, 1.807) is 28.4 Å². The number of urea groups is 1. The van der Waals surface area contributed by atoms with E-state index in [-0.39, 0.29) is 36.9 Å². The zero-order chi connectivity index (χ0) is 24.6. The van der Waals surface area contributed by atoms with Crippen LogP contribution in [-0.4, -0.2) is 92.3 Å². The molecule has 0 unspecified atom stereocenters. The number of ether oxygens (including phenoxy) is 2. The number of nitrogens with one attached hydrogen (secondary N) is 1. The number of carbonyl (C=O) groups is 2. The molecule has 1 fully saturated rings. The molecule has 4 rings (SSSR count). The molecule has 1 saturated heterocycles. The summed E-state index contributed by atoms with van der Waals surface area (Å²) in [5, 5.41) is 4.87. The molecule has 0 radical (unpaired) electrons. The summed E-state index contributed by atoms with van der Waals surface area (Å²) < 4.78 is 24.6. The Balaban J connectivity index is 1.44. The van der Waals surface area contributed by atoms with Crippen LogP contribution in [0.1, 0.15) is 23.4 Å².